The summed E-state index contributed by atoms with van der Waals surface area (Å²) in [6.45, 7) is 0.420. The van der Waals surface area contributed by atoms with Crippen LogP contribution in [0.2, 0.25) is 0 Å². The highest BCUT2D eigenvalue weighted by Gasteiger charge is 2.07. The number of hydrogen-bond acceptors (Lipinski definition) is 5. The van der Waals surface area contributed by atoms with Crippen molar-refractivity contribution in [2.24, 2.45) is 0 Å². The van der Waals surface area contributed by atoms with Crippen LogP contribution in [0.25, 0.3) is 0 Å². The first-order valence-electron chi connectivity index (χ1n) is 7.07. The van der Waals surface area contributed by atoms with Gasteiger partial charge < -0.3 is 10.1 Å². The number of thioether (sulfide) groups is 1. The van der Waals surface area contributed by atoms with Crippen LogP contribution in [0, 0.1) is 15.9 Å². The van der Waals surface area contributed by atoms with Gasteiger partial charge in [-0.05, 0) is 24.3 Å². The molecule has 0 aliphatic rings. The molecule has 6 nitrogen and oxygen atoms in total. The summed E-state index contributed by atoms with van der Waals surface area (Å²) in [4.78, 5) is 22.5. The van der Waals surface area contributed by atoms with E-state index < -0.39 is 10.7 Å². The van der Waals surface area contributed by atoms with Gasteiger partial charge in [-0.15, -0.1) is 11.8 Å². The maximum absolute atomic E-state index is 13.3. The minimum absolute atomic E-state index is 0.00842. The molecule has 0 radical (unpaired) electrons. The number of non-ortho nitro benzene ring substituents is 1. The number of para-hydroxylation sites is 1. The first kappa shape index (κ1) is 17.7. The molecule has 2 aromatic rings. The molecule has 126 valence electrons. The monoisotopic (exact) mass is 350 g/mol. The Morgan fingerprint density at radius 2 is 1.92 bits per heavy atom. The summed E-state index contributed by atoms with van der Waals surface area (Å²) in [7, 11) is 0. The number of ether oxygens (including phenoxy) is 1. The van der Waals surface area contributed by atoms with Gasteiger partial charge in [0.25, 0.3) is 5.69 Å². The molecule has 0 heterocycles. The van der Waals surface area contributed by atoms with Crippen LogP contribution >= 0.6 is 11.8 Å². The smallest absolute Gasteiger partial charge is 0.269 e. The molecule has 8 heteroatoms. The second kappa shape index (κ2) is 8.88. The highest BCUT2D eigenvalue weighted by Crippen LogP contribution is 2.21. The molecule has 0 fully saturated rings. The van der Waals surface area contributed by atoms with Crippen LogP contribution in [0.1, 0.15) is 0 Å². The average molecular weight is 350 g/mol. The van der Waals surface area contributed by atoms with Crippen LogP contribution in [0.5, 0.6) is 5.75 Å². The van der Waals surface area contributed by atoms with Crippen LogP contribution in [0.4, 0.5) is 10.1 Å². The van der Waals surface area contributed by atoms with Gasteiger partial charge >= 0.3 is 0 Å². The molecule has 0 saturated heterocycles. The SMILES string of the molecule is O=C(CSc1ccc([N+](=O)[O-])cc1)NCCOc1ccccc1F. The van der Waals surface area contributed by atoms with Crippen LogP contribution in [0.3, 0.4) is 0 Å². The van der Waals surface area contributed by atoms with Gasteiger partial charge in [-0.2, -0.15) is 0 Å². The largest absolute Gasteiger partial charge is 0.489 e. The summed E-state index contributed by atoms with van der Waals surface area (Å²) < 4.78 is 18.5. The Kier molecular flexibility index (Phi) is 6.56. The molecule has 1 amide bonds. The van der Waals surface area contributed by atoms with E-state index in [9.17, 15) is 19.3 Å². The molecular formula is C16H15FN2O4S. The summed E-state index contributed by atoms with van der Waals surface area (Å²) in [5.74, 6) is -0.322. The molecule has 0 aliphatic carbocycles. The zero-order valence-electron chi connectivity index (χ0n) is 12.6. The Balaban J connectivity index is 1.66. The Morgan fingerprint density at radius 3 is 2.58 bits per heavy atom. The van der Waals surface area contributed by atoms with Gasteiger partial charge in [0, 0.05) is 17.0 Å². The maximum Gasteiger partial charge on any atom is 0.269 e. The molecule has 2 rings (SSSR count). The van der Waals surface area contributed by atoms with Crippen molar-refractivity contribution in [1.82, 2.24) is 5.32 Å². The van der Waals surface area contributed by atoms with Crippen molar-refractivity contribution in [3.8, 4) is 5.75 Å². The Bertz CT molecular complexity index is 709. The van der Waals surface area contributed by atoms with E-state index in [1.54, 1.807) is 24.3 Å². The standard InChI is InChI=1S/C16H15FN2O4S/c17-14-3-1-2-4-15(14)23-10-9-18-16(20)11-24-13-7-5-12(6-8-13)19(21)22/h1-8H,9-11H2,(H,18,20). The number of nitro groups is 1. The molecule has 0 bridgehead atoms. The molecule has 0 atom stereocenters. The second-order valence-electron chi connectivity index (χ2n) is 4.67. The maximum atomic E-state index is 13.3. The van der Waals surface area contributed by atoms with Gasteiger partial charge in [0.15, 0.2) is 11.6 Å². The van der Waals surface area contributed by atoms with Gasteiger partial charge in [-0.3, -0.25) is 14.9 Å². The van der Waals surface area contributed by atoms with Crippen LogP contribution < -0.4 is 10.1 Å². The fourth-order valence-corrected chi connectivity index (χ4v) is 2.51. The third-order valence-electron chi connectivity index (χ3n) is 2.94. The number of nitro benzene ring substituents is 1. The number of nitrogens with one attached hydrogen (secondary N) is 1. The van der Waals surface area contributed by atoms with Crippen LogP contribution in [-0.2, 0) is 4.79 Å². The Hall–Kier alpha value is -2.61. The minimum atomic E-state index is -0.475. The van der Waals surface area contributed by atoms with E-state index in [0.29, 0.717) is 0 Å². The van der Waals surface area contributed by atoms with E-state index in [0.717, 1.165) is 4.90 Å². The zero-order chi connectivity index (χ0) is 17.4. The molecule has 0 aliphatic heterocycles. The van der Waals surface area contributed by atoms with Crippen molar-refractivity contribution in [2.45, 2.75) is 4.90 Å². The molecule has 1 N–H and O–H groups in total. The number of carbonyl (C=O) groups is 1. The van der Waals surface area contributed by atoms with Crippen molar-refractivity contribution in [1.29, 1.82) is 0 Å². The van der Waals surface area contributed by atoms with Crippen molar-refractivity contribution in [3.63, 3.8) is 0 Å². The van der Waals surface area contributed by atoms with Crippen LogP contribution in [-0.4, -0.2) is 29.7 Å². The van der Waals surface area contributed by atoms with Gasteiger partial charge in [0.2, 0.25) is 5.91 Å². The number of hydrogen-bond donors (Lipinski definition) is 1. The summed E-state index contributed by atoms with van der Waals surface area (Å²) >= 11 is 1.27. The first-order chi connectivity index (χ1) is 11.6. The number of amides is 1. The van der Waals surface area contributed by atoms with Crippen LogP contribution in [0.15, 0.2) is 53.4 Å². The minimum Gasteiger partial charge on any atom is -0.489 e. The van der Waals surface area contributed by atoms with E-state index >= 15 is 0 Å². The third kappa shape index (κ3) is 5.54. The van der Waals surface area contributed by atoms with Gasteiger partial charge in [-0.25, -0.2) is 4.39 Å². The third-order valence-corrected chi connectivity index (χ3v) is 3.95. The normalized spacial score (nSPS) is 10.2. The predicted molar refractivity (Wildman–Crippen MR) is 88.7 cm³/mol. The summed E-state index contributed by atoms with van der Waals surface area (Å²) in [6.07, 6.45) is 0. The van der Waals surface area contributed by atoms with Gasteiger partial charge in [-0.1, -0.05) is 12.1 Å². The fourth-order valence-electron chi connectivity index (χ4n) is 1.78. The molecule has 0 unspecified atom stereocenters. The summed E-state index contributed by atoms with van der Waals surface area (Å²) in [5, 5.41) is 13.2. The topological polar surface area (TPSA) is 81.5 Å². The number of nitrogens with zero attached hydrogens (tertiary/aromatic N) is 1. The van der Waals surface area contributed by atoms with E-state index in [4.69, 9.17) is 4.74 Å². The lowest BCUT2D eigenvalue weighted by molar-refractivity contribution is -0.384. The molecule has 0 spiro atoms. The van der Waals surface area contributed by atoms with Gasteiger partial charge in [0.05, 0.1) is 17.2 Å². The lowest BCUT2D eigenvalue weighted by Gasteiger charge is -2.08. The van der Waals surface area contributed by atoms with Gasteiger partial charge in [0.1, 0.15) is 6.61 Å². The predicted octanol–water partition coefficient (Wildman–Crippen LogP) is 3.02. The molecule has 24 heavy (non-hydrogen) atoms. The van der Waals surface area contributed by atoms with Crippen molar-refractivity contribution < 1.29 is 18.8 Å². The van der Waals surface area contributed by atoms with E-state index in [1.165, 1.54) is 36.0 Å². The molecule has 2 aromatic carbocycles. The number of carbonyl (C=O) groups excluding carboxylic acids is 1. The fraction of sp³-hybridized carbons (Fsp3) is 0.188. The van der Waals surface area contributed by atoms with E-state index in [1.807, 2.05) is 0 Å². The van der Waals surface area contributed by atoms with E-state index in [-0.39, 0.29) is 36.2 Å². The summed E-state index contributed by atoms with van der Waals surface area (Å²) in [6, 6.07) is 12.0. The zero-order valence-corrected chi connectivity index (χ0v) is 13.4. The summed E-state index contributed by atoms with van der Waals surface area (Å²) in [5.41, 5.74) is 0.00842. The van der Waals surface area contributed by atoms with Crippen molar-refractivity contribution in [2.75, 3.05) is 18.9 Å². The first-order valence-corrected chi connectivity index (χ1v) is 8.06. The molecule has 0 aromatic heterocycles. The highest BCUT2D eigenvalue weighted by molar-refractivity contribution is 8.00. The molecular weight excluding hydrogens is 335 g/mol. The quantitative estimate of drug-likeness (QED) is 0.342. The molecule has 0 saturated carbocycles. The number of benzene rings is 2. The average Bonchev–Trinajstić information content (AvgIpc) is 2.58. The Morgan fingerprint density at radius 1 is 1.21 bits per heavy atom. The van der Waals surface area contributed by atoms with E-state index in [2.05, 4.69) is 5.32 Å². The lowest BCUT2D eigenvalue weighted by atomic mass is 10.3. The number of rotatable bonds is 8. The highest BCUT2D eigenvalue weighted by atomic mass is 32.2. The van der Waals surface area contributed by atoms with Crippen molar-refractivity contribution >= 4 is 23.4 Å². The second-order valence-corrected chi connectivity index (χ2v) is 5.72. The number of halogens is 1. The lowest BCUT2D eigenvalue weighted by Crippen LogP contribution is -2.29. The van der Waals surface area contributed by atoms with Crippen molar-refractivity contribution in [3.05, 3.63) is 64.5 Å². The Labute approximate surface area is 142 Å².